The van der Waals surface area contributed by atoms with E-state index in [2.05, 4.69) is 26.2 Å². The van der Waals surface area contributed by atoms with Crippen molar-refractivity contribution in [3.63, 3.8) is 0 Å². The van der Waals surface area contributed by atoms with E-state index < -0.39 is 0 Å². The summed E-state index contributed by atoms with van der Waals surface area (Å²) in [6.45, 7) is 0.462. The minimum atomic E-state index is -0.308. The summed E-state index contributed by atoms with van der Waals surface area (Å²) in [5.74, 6) is 0.0929. The number of nitrogens with one attached hydrogen (secondary N) is 2. The summed E-state index contributed by atoms with van der Waals surface area (Å²) >= 11 is 0. The van der Waals surface area contributed by atoms with Crippen molar-refractivity contribution in [3.8, 4) is 23.0 Å². The van der Waals surface area contributed by atoms with Gasteiger partial charge in [0, 0.05) is 6.20 Å². The van der Waals surface area contributed by atoms with Crippen molar-refractivity contribution in [1.29, 1.82) is 5.26 Å². The summed E-state index contributed by atoms with van der Waals surface area (Å²) in [5.41, 5.74) is 11.4. The van der Waals surface area contributed by atoms with E-state index in [1.807, 2.05) is 24.3 Å². The summed E-state index contributed by atoms with van der Waals surface area (Å²) in [6, 6.07) is 18.3. The smallest absolute Gasteiger partial charge is 0.323 e. The van der Waals surface area contributed by atoms with Crippen LogP contribution in [-0.4, -0.2) is 29.5 Å². The van der Waals surface area contributed by atoms with Gasteiger partial charge in [0.05, 0.1) is 46.2 Å². The van der Waals surface area contributed by atoms with Gasteiger partial charge < -0.3 is 20.9 Å². The molecule has 0 radical (unpaired) electrons. The highest BCUT2D eigenvalue weighted by molar-refractivity contribution is 5.87. The molecule has 11 heteroatoms. The largest absolute Gasteiger partial charge is 0.618 e. The third-order valence-corrected chi connectivity index (χ3v) is 5.86. The minimum absolute atomic E-state index is 0.0929. The average molecular weight is 463 g/mol. The van der Waals surface area contributed by atoms with Crippen LogP contribution in [0.5, 0.6) is 0 Å². The minimum Gasteiger partial charge on any atom is -0.618 e. The number of imidazole rings is 1. The Morgan fingerprint density at radius 2 is 1.89 bits per heavy atom. The Morgan fingerprint density at radius 3 is 2.69 bits per heavy atom. The van der Waals surface area contributed by atoms with Gasteiger partial charge in [-0.2, -0.15) is 15.1 Å². The van der Waals surface area contributed by atoms with Crippen molar-refractivity contribution in [1.82, 2.24) is 29.5 Å². The van der Waals surface area contributed by atoms with Crippen LogP contribution in [0.1, 0.15) is 11.1 Å². The molecule has 170 valence electrons. The predicted molar refractivity (Wildman–Crippen MR) is 128 cm³/mol. The van der Waals surface area contributed by atoms with Crippen LogP contribution in [0.3, 0.4) is 0 Å². The van der Waals surface area contributed by atoms with Crippen LogP contribution in [0.15, 0.2) is 71.8 Å². The molecule has 0 saturated carbocycles. The first kappa shape index (κ1) is 20.3. The monoisotopic (exact) mass is 463 g/mol. The van der Waals surface area contributed by atoms with Gasteiger partial charge in [0.1, 0.15) is 5.52 Å². The van der Waals surface area contributed by atoms with Gasteiger partial charge in [-0.3, -0.25) is 4.68 Å². The fourth-order valence-electron chi connectivity index (χ4n) is 4.22. The molecule has 0 fully saturated rings. The molecular weight excluding hydrogens is 446 g/mol. The average Bonchev–Trinajstić information content (AvgIpc) is 3.55. The van der Waals surface area contributed by atoms with Gasteiger partial charge in [0.25, 0.3) is 5.52 Å². The zero-order valence-electron chi connectivity index (χ0n) is 18.1. The fraction of sp³-hybridized carbons (Fsp3) is 0.0417. The maximum absolute atomic E-state index is 13.0. The number of hydrogen-bond donors (Lipinski definition) is 3. The number of anilines is 1. The summed E-state index contributed by atoms with van der Waals surface area (Å²) in [4.78, 5) is 17.1. The van der Waals surface area contributed by atoms with Crippen molar-refractivity contribution in [3.05, 3.63) is 93.8 Å². The quantitative estimate of drug-likeness (QED) is 0.268. The Balaban J connectivity index is 1.46. The van der Waals surface area contributed by atoms with Crippen molar-refractivity contribution < 1.29 is 4.73 Å². The number of nitriles is 1. The van der Waals surface area contributed by atoms with Crippen molar-refractivity contribution in [2.24, 2.45) is 0 Å². The summed E-state index contributed by atoms with van der Waals surface area (Å²) in [7, 11) is 0. The number of hydrogen-bond acceptors (Lipinski definition) is 6. The lowest BCUT2D eigenvalue weighted by molar-refractivity contribution is -0.575. The van der Waals surface area contributed by atoms with E-state index >= 15 is 0 Å². The maximum atomic E-state index is 13.0. The summed E-state index contributed by atoms with van der Waals surface area (Å²) < 4.78 is 4.07. The van der Waals surface area contributed by atoms with Crippen molar-refractivity contribution in [2.45, 2.75) is 6.54 Å². The van der Waals surface area contributed by atoms with E-state index in [-0.39, 0.29) is 17.0 Å². The number of nitrogens with two attached hydrogens (primary N) is 1. The van der Waals surface area contributed by atoms with E-state index in [1.165, 1.54) is 6.20 Å². The number of aromatic nitrogens is 7. The Hall–Kier alpha value is -5.37. The first-order valence-electron chi connectivity index (χ1n) is 10.7. The van der Waals surface area contributed by atoms with Crippen LogP contribution in [-0.2, 0) is 6.54 Å². The highest BCUT2D eigenvalue weighted by atomic mass is 16.5. The van der Waals surface area contributed by atoms with E-state index in [4.69, 9.17) is 11.0 Å². The normalized spacial score (nSPS) is 11.3. The third kappa shape index (κ3) is 3.37. The zero-order chi connectivity index (χ0) is 24.1. The van der Waals surface area contributed by atoms with Gasteiger partial charge >= 0.3 is 5.69 Å². The van der Waals surface area contributed by atoms with Crippen LogP contribution in [0, 0.1) is 16.5 Å². The third-order valence-electron chi connectivity index (χ3n) is 5.86. The molecular formula is C24H17N9O2. The second-order valence-electron chi connectivity index (χ2n) is 8.08. The SMILES string of the molecule is N#Cc1ccc(Cn2nccc2-c2cc3c(c(N)nn3-c3ccc4[nH]c(=O)[nH]c4c3)[n+]([O-])c2)cc1. The Bertz CT molecular complexity index is 1830. The summed E-state index contributed by atoms with van der Waals surface area (Å²) in [5, 5.41) is 30.8. The second kappa shape index (κ2) is 7.60. The van der Waals surface area contributed by atoms with Crippen LogP contribution in [0.25, 0.3) is 39.0 Å². The molecule has 0 spiro atoms. The van der Waals surface area contributed by atoms with Gasteiger partial charge in [-0.15, -0.1) is 5.10 Å². The molecule has 0 aliphatic rings. The van der Waals surface area contributed by atoms with Gasteiger partial charge in [-0.1, -0.05) is 12.1 Å². The van der Waals surface area contributed by atoms with Crippen LogP contribution >= 0.6 is 0 Å². The molecule has 4 heterocycles. The summed E-state index contributed by atoms with van der Waals surface area (Å²) in [6.07, 6.45) is 3.12. The number of nitrogens with zero attached hydrogens (tertiary/aromatic N) is 6. The van der Waals surface area contributed by atoms with Crippen LogP contribution in [0.2, 0.25) is 0 Å². The van der Waals surface area contributed by atoms with Gasteiger partial charge in [-0.25, -0.2) is 9.48 Å². The standard InChI is InChI=1S/C24H17N9O2/c25-11-14-1-3-15(4-2-14)12-31-20(7-8-27-31)16-9-21-22(32(35)13-16)23(26)30-33(21)17-5-6-18-19(10-17)29-24(34)28-18/h1-10,13H,12H2,(H2,26,30)(H2,28,29,34). The van der Waals surface area contributed by atoms with Crippen molar-refractivity contribution >= 4 is 27.9 Å². The van der Waals surface area contributed by atoms with Gasteiger partial charge in [-0.05, 0) is 48.0 Å². The lowest BCUT2D eigenvalue weighted by atomic mass is 10.1. The van der Waals surface area contributed by atoms with Gasteiger partial charge in [0.15, 0.2) is 6.20 Å². The number of fused-ring (bicyclic) bond motifs is 2. The first-order valence-corrected chi connectivity index (χ1v) is 10.7. The molecule has 0 aliphatic heterocycles. The molecule has 4 N–H and O–H groups in total. The fourth-order valence-corrected chi connectivity index (χ4v) is 4.22. The Labute approximate surface area is 196 Å². The number of aromatic amines is 2. The predicted octanol–water partition coefficient (Wildman–Crippen LogP) is 2.19. The highest BCUT2D eigenvalue weighted by Gasteiger charge is 2.21. The molecule has 11 nitrogen and oxygen atoms in total. The molecule has 6 rings (SSSR count). The molecule has 0 amide bonds. The molecule has 35 heavy (non-hydrogen) atoms. The lowest BCUT2D eigenvalue weighted by Gasteiger charge is -2.09. The van der Waals surface area contributed by atoms with Crippen LogP contribution in [0.4, 0.5) is 5.82 Å². The molecule has 0 unspecified atom stereocenters. The molecule has 0 bridgehead atoms. The molecule has 4 aromatic heterocycles. The number of H-pyrrole nitrogens is 2. The number of pyridine rings is 1. The topological polar surface area (TPSA) is 161 Å². The number of nitrogen functional groups attached to an aromatic ring is 1. The highest BCUT2D eigenvalue weighted by Crippen LogP contribution is 2.27. The maximum Gasteiger partial charge on any atom is 0.323 e. The molecule has 0 saturated heterocycles. The molecule has 2 aromatic carbocycles. The Kier molecular flexibility index (Phi) is 4.40. The lowest BCUT2D eigenvalue weighted by Crippen LogP contribution is -2.27. The van der Waals surface area contributed by atoms with Gasteiger partial charge in [0.2, 0.25) is 5.82 Å². The van der Waals surface area contributed by atoms with E-state index in [0.29, 0.717) is 44.6 Å². The number of rotatable bonds is 4. The van der Waals surface area contributed by atoms with E-state index in [0.717, 1.165) is 11.3 Å². The van der Waals surface area contributed by atoms with E-state index in [1.54, 1.807) is 45.9 Å². The van der Waals surface area contributed by atoms with Crippen molar-refractivity contribution in [2.75, 3.05) is 5.73 Å². The zero-order valence-corrected chi connectivity index (χ0v) is 18.1. The van der Waals surface area contributed by atoms with Crippen LogP contribution < -0.4 is 16.2 Å². The molecule has 0 atom stereocenters. The molecule has 6 aromatic rings. The van der Waals surface area contributed by atoms with E-state index in [9.17, 15) is 10.0 Å². The first-order chi connectivity index (χ1) is 17.0. The number of benzene rings is 2. The Morgan fingerprint density at radius 1 is 1.09 bits per heavy atom. The second-order valence-corrected chi connectivity index (χ2v) is 8.08. The molecule has 0 aliphatic carbocycles.